The number of fused-ring (bicyclic) bond motifs is 14. The lowest BCUT2D eigenvalue weighted by molar-refractivity contribution is -0.148. The zero-order valence-corrected chi connectivity index (χ0v) is 53.4. The predicted molar refractivity (Wildman–Crippen MR) is 336 cm³/mol. The van der Waals surface area contributed by atoms with E-state index in [1.54, 1.807) is 70.9 Å². The number of nitrogens with one attached hydrogen (secondary N) is 4. The number of amides is 5. The van der Waals surface area contributed by atoms with Crippen LogP contribution in [0.3, 0.4) is 0 Å². The van der Waals surface area contributed by atoms with Crippen molar-refractivity contribution >= 4 is 121 Å². The molecule has 24 nitrogen and oxygen atoms in total. The Kier molecular flexibility index (Phi) is 20.3. The van der Waals surface area contributed by atoms with Crippen LogP contribution in [0, 0.1) is 24.7 Å². The molecule has 8 aromatic rings. The van der Waals surface area contributed by atoms with Gasteiger partial charge in [-0.15, -0.1) is 68.0 Å². The van der Waals surface area contributed by atoms with Crippen molar-refractivity contribution in [1.82, 2.24) is 56.2 Å². The number of nitrogens with zero attached hydrogens (tertiary/aromatic N) is 8. The molecule has 8 heterocycles. The van der Waals surface area contributed by atoms with E-state index in [2.05, 4.69) is 21.3 Å². The number of ketones is 1. The van der Waals surface area contributed by atoms with Crippen LogP contribution in [0.15, 0.2) is 64.0 Å². The van der Waals surface area contributed by atoms with E-state index in [1.807, 2.05) is 13.8 Å². The van der Waals surface area contributed by atoms with Crippen LogP contribution in [0.1, 0.15) is 145 Å². The van der Waals surface area contributed by atoms with Crippen LogP contribution in [0.5, 0.6) is 0 Å². The van der Waals surface area contributed by atoms with Gasteiger partial charge in [0.2, 0.25) is 17.7 Å². The molecule has 1 aliphatic heterocycles. The Hall–Kier alpha value is -7.97. The second-order valence-corrected chi connectivity index (χ2v) is 27.3. The lowest BCUT2D eigenvalue weighted by Gasteiger charge is -2.34. The third-order valence-corrected chi connectivity index (χ3v) is 20.8. The third-order valence-electron chi connectivity index (χ3n) is 15.0. The van der Waals surface area contributed by atoms with E-state index in [1.165, 1.54) is 75.7 Å². The molecule has 1 aromatic carbocycles. The highest BCUT2D eigenvalue weighted by Gasteiger charge is 2.42. The number of ether oxygens (including phenoxy) is 1. The Morgan fingerprint density at radius 1 is 0.730 bits per heavy atom. The summed E-state index contributed by atoms with van der Waals surface area (Å²) in [6, 6.07) is 10.1. The van der Waals surface area contributed by atoms with Crippen molar-refractivity contribution in [2.24, 2.45) is 17.8 Å². The van der Waals surface area contributed by atoms with Gasteiger partial charge >= 0.3 is 11.9 Å². The fourth-order valence-corrected chi connectivity index (χ4v) is 15.7. The molecule has 2 aliphatic rings. The van der Waals surface area contributed by atoms with Crippen molar-refractivity contribution in [3.8, 4) is 43.4 Å². The molecule has 89 heavy (non-hydrogen) atoms. The van der Waals surface area contributed by atoms with Gasteiger partial charge in [0.15, 0.2) is 5.78 Å². The van der Waals surface area contributed by atoms with Crippen molar-refractivity contribution < 1.29 is 58.4 Å². The minimum Gasteiger partial charge on any atom is -0.481 e. The number of aromatic nitrogens is 7. The van der Waals surface area contributed by atoms with Crippen LogP contribution in [0.25, 0.3) is 43.4 Å². The number of methoxy groups -OCH3 is 1. The number of aliphatic hydroxyl groups is 1. The minimum absolute atomic E-state index is 0.00621. The summed E-state index contributed by atoms with van der Waals surface area (Å²) in [5.41, 5.74) is 2.60. The van der Waals surface area contributed by atoms with Gasteiger partial charge in [-0.3, -0.25) is 43.3 Å². The molecular weight excluding hydrogens is 1260 g/mol. The number of aliphatic hydroxyl groups excluding tert-OH is 1. The number of pyridine rings is 1. The van der Waals surface area contributed by atoms with E-state index < -0.39 is 78.1 Å². The highest BCUT2D eigenvalue weighted by atomic mass is 32.1. The van der Waals surface area contributed by atoms with Gasteiger partial charge in [-0.25, -0.2) is 34.9 Å². The molecule has 0 spiro atoms. The first-order valence-corrected chi connectivity index (χ1v) is 33.3. The van der Waals surface area contributed by atoms with Gasteiger partial charge in [-0.2, -0.15) is 0 Å². The maximum Gasteiger partial charge on any atom is 0.306 e. The van der Waals surface area contributed by atoms with Crippen molar-refractivity contribution in [2.75, 3.05) is 32.1 Å². The first-order chi connectivity index (χ1) is 42.8. The molecule has 0 saturated heterocycles. The monoisotopic (exact) mass is 1320 g/mol. The molecule has 7 N–H and O–H groups in total. The largest absolute Gasteiger partial charge is 0.481 e. The number of carboxylic acids is 2. The van der Waals surface area contributed by atoms with Crippen LogP contribution < -0.4 is 26.2 Å². The number of carboxylic acid groups (broad SMARTS) is 2. The van der Waals surface area contributed by atoms with E-state index in [0.29, 0.717) is 92.4 Å². The smallest absolute Gasteiger partial charge is 0.306 e. The number of hydrogen-bond acceptors (Lipinski definition) is 23. The van der Waals surface area contributed by atoms with Crippen molar-refractivity contribution in [2.45, 2.75) is 96.4 Å². The summed E-state index contributed by atoms with van der Waals surface area (Å²) in [6.45, 7) is 5.25. The van der Waals surface area contributed by atoms with Gasteiger partial charge in [-0.05, 0) is 56.2 Å². The maximum atomic E-state index is 14.4. The summed E-state index contributed by atoms with van der Waals surface area (Å²) in [6.07, 6.45) is -0.675. The maximum absolute atomic E-state index is 14.4. The third kappa shape index (κ3) is 14.7. The predicted octanol–water partition coefficient (Wildman–Crippen LogP) is 8.90. The number of aliphatic carboxylic acids is 2. The van der Waals surface area contributed by atoms with Crippen molar-refractivity contribution in [3.05, 3.63) is 111 Å². The van der Waals surface area contributed by atoms with Gasteiger partial charge in [0, 0.05) is 77.3 Å². The number of aryl methyl sites for hydroxylation is 1. The van der Waals surface area contributed by atoms with Gasteiger partial charge < -0.3 is 41.3 Å². The number of Topliss-reactive ketones (excluding diaryl/α,β-unsaturated/α-hetero) is 1. The van der Waals surface area contributed by atoms with Crippen LogP contribution in [0.4, 0.5) is 5.82 Å². The number of carbonyl (C=O) groups excluding carboxylic acids is 6. The molecule has 1 fully saturated rings. The Morgan fingerprint density at radius 3 is 2.17 bits per heavy atom. The molecule has 7 aromatic heterocycles. The second-order valence-electron chi connectivity index (χ2n) is 21.5. The summed E-state index contributed by atoms with van der Waals surface area (Å²) >= 11 is 7.16. The van der Waals surface area contributed by atoms with Crippen LogP contribution in [-0.2, 0) is 35.3 Å². The molecule has 10 rings (SSSR count). The topological polar surface area (TPSA) is 348 Å². The quantitative estimate of drug-likeness (QED) is 0.0444. The van der Waals surface area contributed by atoms with E-state index >= 15 is 0 Å². The van der Waals surface area contributed by atoms with Crippen LogP contribution >= 0.6 is 68.0 Å². The number of unbranched alkanes of at least 4 members (excludes halogenated alkanes) is 1. The number of benzene rings is 1. The van der Waals surface area contributed by atoms with Crippen molar-refractivity contribution in [3.63, 3.8) is 0 Å². The summed E-state index contributed by atoms with van der Waals surface area (Å²) in [5.74, 6) is -6.45. The summed E-state index contributed by atoms with van der Waals surface area (Å²) < 4.78 is 5.47. The average molecular weight is 1320 g/mol. The standard InChI is InChI=1S/C59H60N12O12S6/c1-27(2)33-19-39(72)45-28(3)88-56(69-45)35(20-42(73)60-4)63-50(78)37-24-84-52(65-37)32-14-15-34(54-67-41(26-87-54)71(16-10-9-13-44(75)76)58(80)30-17-31(18-30)59(81)82)62-46(32)36-23-85-55(64-36)38-25-86-57(66-38)48(49(77)29-11-7-6-8-12-29)68-43(74)21-61-51(79)47-40(22-83-5)89-53(33)70-47/h6-8,11-12,14-15,23-27,30-31,33,35,48-49,77H,9-10,13,16-22H2,1-5H3,(H,60,73)(H,61,79)(H,63,78)(H,68,74)(H,75,76)(H,81,82)/t30?,31?,33?,35-,48-,49-/m0/s1. The molecule has 1 unspecified atom stereocenters. The molecule has 10 bridgehead atoms. The molecule has 0 radical (unpaired) electrons. The van der Waals surface area contributed by atoms with Gasteiger partial charge in [0.1, 0.15) is 77.2 Å². The van der Waals surface area contributed by atoms with Crippen molar-refractivity contribution in [1.29, 1.82) is 0 Å². The molecule has 1 aliphatic carbocycles. The lowest BCUT2D eigenvalue weighted by Crippen LogP contribution is -2.44. The first-order valence-electron chi connectivity index (χ1n) is 28.2. The van der Waals surface area contributed by atoms with E-state index in [-0.39, 0.29) is 79.9 Å². The fraction of sp³-hybridized carbons (Fsp3) is 0.373. The Labute approximate surface area is 533 Å². The lowest BCUT2D eigenvalue weighted by atomic mass is 9.74. The second kappa shape index (κ2) is 28.2. The summed E-state index contributed by atoms with van der Waals surface area (Å²) in [4.78, 5) is 144. The fourth-order valence-electron chi connectivity index (χ4n) is 10.1. The van der Waals surface area contributed by atoms with Gasteiger partial charge in [0.05, 0.1) is 47.1 Å². The SMILES string of the molecule is CNC(=O)C[C@@H]1NC(=O)c2csc(n2)-c2ccc(-c3nc(N(CCCCC(=O)O)C(=O)C4CC(C(=O)O)C4)cs3)nc2-c2csc(n2)-c2csc(n2)[C@H]([C@@H](O)c2ccccc2)NC(=O)CNC(=O)c2nc(sc2COC)C(C(C)C)CC(=O)c2nc1sc2C. The Morgan fingerprint density at radius 2 is 1.44 bits per heavy atom. The molecule has 1 saturated carbocycles. The van der Waals surface area contributed by atoms with Crippen LogP contribution in [-0.4, -0.2) is 125 Å². The summed E-state index contributed by atoms with van der Waals surface area (Å²) in [5, 5.41) is 51.0. The molecule has 464 valence electrons. The molecular formula is C59H60N12O12S6. The number of hydrogen-bond donors (Lipinski definition) is 7. The number of rotatable bonds is 16. The highest BCUT2D eigenvalue weighted by Crippen LogP contribution is 2.42. The number of thiazole rings is 6. The summed E-state index contributed by atoms with van der Waals surface area (Å²) in [7, 11) is 2.95. The van der Waals surface area contributed by atoms with E-state index in [9.17, 15) is 53.7 Å². The zero-order chi connectivity index (χ0) is 63.2. The van der Waals surface area contributed by atoms with Crippen LogP contribution in [0.2, 0.25) is 0 Å². The molecule has 5 amide bonds. The normalized spacial score (nSPS) is 18.5. The van der Waals surface area contributed by atoms with E-state index in [4.69, 9.17) is 39.6 Å². The number of anilines is 1. The molecule has 30 heteroatoms. The number of carbonyl (C=O) groups is 8. The minimum atomic E-state index is -1.30. The van der Waals surface area contributed by atoms with Gasteiger partial charge in [-0.1, -0.05) is 44.2 Å². The highest BCUT2D eigenvalue weighted by molar-refractivity contribution is 7.15. The average Bonchev–Trinajstić information content (AvgIpc) is 1.92. The van der Waals surface area contributed by atoms with E-state index in [0.717, 1.165) is 11.3 Å². The Bertz CT molecular complexity index is 3960. The first kappa shape index (κ1) is 64.0. The van der Waals surface area contributed by atoms with Gasteiger partial charge in [0.25, 0.3) is 11.8 Å². The zero-order valence-electron chi connectivity index (χ0n) is 48.5. The Balaban J connectivity index is 1.05. The molecule has 4 atom stereocenters.